The van der Waals surface area contributed by atoms with Crippen LogP contribution in [-0.2, 0) is 17.0 Å². The summed E-state index contributed by atoms with van der Waals surface area (Å²) in [5.74, 6) is 1.94. The van der Waals surface area contributed by atoms with Crippen molar-refractivity contribution in [2.24, 2.45) is 10.9 Å². The summed E-state index contributed by atoms with van der Waals surface area (Å²) >= 11 is 1.69. The summed E-state index contributed by atoms with van der Waals surface area (Å²) in [6.07, 6.45) is 2.03. The minimum Gasteiger partial charge on any atom is -0.379 e. The maximum atomic E-state index is 13.5. The first kappa shape index (κ1) is 22.0. The molecule has 1 saturated heterocycles. The van der Waals surface area contributed by atoms with Crippen LogP contribution in [0.15, 0.2) is 23.2 Å². The molecule has 5 nitrogen and oxygen atoms in total. The van der Waals surface area contributed by atoms with Gasteiger partial charge in [0.05, 0.1) is 19.8 Å². The molecule has 1 fully saturated rings. The number of benzene rings is 1. The van der Waals surface area contributed by atoms with Crippen LogP contribution in [0.3, 0.4) is 0 Å². The van der Waals surface area contributed by atoms with Gasteiger partial charge in [0, 0.05) is 38.5 Å². The number of halogens is 1. The Morgan fingerprint density at radius 2 is 2.07 bits per heavy atom. The lowest BCUT2D eigenvalue weighted by Gasteiger charge is -2.29. The lowest BCUT2D eigenvalue weighted by molar-refractivity contribution is 0.0320. The van der Waals surface area contributed by atoms with Gasteiger partial charge in [-0.05, 0) is 42.4 Å². The van der Waals surface area contributed by atoms with E-state index in [4.69, 9.17) is 9.73 Å². The van der Waals surface area contributed by atoms with Crippen molar-refractivity contribution in [2.45, 2.75) is 26.1 Å². The molecule has 2 rings (SSSR count). The molecule has 0 bridgehead atoms. The molecule has 1 aromatic rings. The zero-order chi connectivity index (χ0) is 19.5. The third-order valence-electron chi connectivity index (χ3n) is 4.51. The average molecular weight is 397 g/mol. The van der Waals surface area contributed by atoms with Gasteiger partial charge in [0.2, 0.25) is 0 Å². The number of hydrogen-bond donors (Lipinski definition) is 2. The zero-order valence-corrected chi connectivity index (χ0v) is 17.6. The Bertz CT molecular complexity index is 593. The number of hydrogen-bond acceptors (Lipinski definition) is 4. The summed E-state index contributed by atoms with van der Waals surface area (Å²) in [6, 6.07) is 4.97. The van der Waals surface area contributed by atoms with E-state index < -0.39 is 0 Å². The second kappa shape index (κ2) is 12.2. The minimum absolute atomic E-state index is 0.186. The largest absolute Gasteiger partial charge is 0.379 e. The van der Waals surface area contributed by atoms with Crippen molar-refractivity contribution in [3.63, 3.8) is 0 Å². The molecule has 1 heterocycles. The van der Waals surface area contributed by atoms with Crippen LogP contribution in [0.4, 0.5) is 4.39 Å². The normalized spacial score (nSPS) is 17.0. The first-order chi connectivity index (χ1) is 13.1. The Morgan fingerprint density at radius 3 is 2.78 bits per heavy atom. The SMILES string of the molecule is CCNC(=NCc1ccc(F)cc1CSC)NCC(C)CN1CCOCC1. The first-order valence-corrected chi connectivity index (χ1v) is 11.1. The van der Waals surface area contributed by atoms with Crippen LogP contribution < -0.4 is 10.6 Å². The van der Waals surface area contributed by atoms with Crippen molar-refractivity contribution in [1.82, 2.24) is 15.5 Å². The summed E-state index contributed by atoms with van der Waals surface area (Å²) in [6.45, 7) is 11.3. The highest BCUT2D eigenvalue weighted by atomic mass is 32.2. The number of aliphatic imine (C=N–C) groups is 1. The summed E-state index contributed by atoms with van der Waals surface area (Å²) in [5.41, 5.74) is 2.09. The van der Waals surface area contributed by atoms with E-state index in [9.17, 15) is 4.39 Å². The third-order valence-corrected chi connectivity index (χ3v) is 5.11. The predicted octanol–water partition coefficient (Wildman–Crippen LogP) is 2.71. The Morgan fingerprint density at radius 1 is 1.30 bits per heavy atom. The van der Waals surface area contributed by atoms with Crippen molar-refractivity contribution in [2.75, 3.05) is 52.2 Å². The summed E-state index contributed by atoms with van der Waals surface area (Å²) < 4.78 is 18.9. The molecule has 0 amide bonds. The molecule has 0 spiro atoms. The molecule has 0 aliphatic carbocycles. The molecule has 2 N–H and O–H groups in total. The molecule has 1 unspecified atom stereocenters. The summed E-state index contributed by atoms with van der Waals surface area (Å²) in [7, 11) is 0. The van der Waals surface area contributed by atoms with Crippen LogP contribution in [0.2, 0.25) is 0 Å². The summed E-state index contributed by atoms with van der Waals surface area (Å²) in [5, 5.41) is 6.75. The van der Waals surface area contributed by atoms with Gasteiger partial charge in [0.1, 0.15) is 5.82 Å². The van der Waals surface area contributed by atoms with Crippen molar-refractivity contribution in [1.29, 1.82) is 0 Å². The van der Waals surface area contributed by atoms with Crippen LogP contribution in [0.25, 0.3) is 0 Å². The second-order valence-electron chi connectivity index (χ2n) is 6.94. The molecule has 7 heteroatoms. The smallest absolute Gasteiger partial charge is 0.191 e. The Balaban J connectivity index is 1.89. The van der Waals surface area contributed by atoms with Crippen LogP contribution in [0.1, 0.15) is 25.0 Å². The fourth-order valence-corrected chi connectivity index (χ4v) is 3.68. The molecule has 0 saturated carbocycles. The monoisotopic (exact) mass is 396 g/mol. The van der Waals surface area contributed by atoms with E-state index in [2.05, 4.69) is 29.4 Å². The number of rotatable bonds is 9. The van der Waals surface area contributed by atoms with Crippen molar-refractivity contribution in [3.05, 3.63) is 35.1 Å². The molecule has 0 radical (unpaired) electrons. The van der Waals surface area contributed by atoms with Gasteiger partial charge < -0.3 is 15.4 Å². The number of nitrogens with one attached hydrogen (secondary N) is 2. The predicted molar refractivity (Wildman–Crippen MR) is 113 cm³/mol. The van der Waals surface area contributed by atoms with Crippen LogP contribution in [0.5, 0.6) is 0 Å². The highest BCUT2D eigenvalue weighted by Crippen LogP contribution is 2.17. The lowest BCUT2D eigenvalue weighted by atomic mass is 10.1. The van der Waals surface area contributed by atoms with Crippen molar-refractivity contribution in [3.8, 4) is 0 Å². The fourth-order valence-electron chi connectivity index (χ4n) is 3.10. The molecular formula is C20H33FN4OS. The number of thioether (sulfide) groups is 1. The van der Waals surface area contributed by atoms with Crippen LogP contribution in [0, 0.1) is 11.7 Å². The van der Waals surface area contributed by atoms with Gasteiger partial charge in [-0.2, -0.15) is 11.8 Å². The molecular weight excluding hydrogens is 363 g/mol. The van der Waals surface area contributed by atoms with E-state index in [1.54, 1.807) is 17.8 Å². The molecule has 27 heavy (non-hydrogen) atoms. The van der Waals surface area contributed by atoms with Crippen molar-refractivity contribution < 1.29 is 9.13 Å². The van der Waals surface area contributed by atoms with E-state index in [0.29, 0.717) is 12.5 Å². The minimum atomic E-state index is -0.186. The number of ether oxygens (including phenoxy) is 1. The zero-order valence-electron chi connectivity index (χ0n) is 16.8. The highest BCUT2D eigenvalue weighted by molar-refractivity contribution is 7.97. The standard InChI is InChI=1S/C20H33FN4OS/c1-4-22-20(23-12-16(2)14-25-7-9-26-10-8-25)24-13-17-5-6-19(21)11-18(17)15-27-3/h5-6,11,16H,4,7-10,12-15H2,1-3H3,(H2,22,23,24). The van der Waals surface area contributed by atoms with E-state index >= 15 is 0 Å². The molecule has 152 valence electrons. The summed E-state index contributed by atoms with van der Waals surface area (Å²) in [4.78, 5) is 7.16. The van der Waals surface area contributed by atoms with Gasteiger partial charge in [-0.15, -0.1) is 0 Å². The number of nitrogens with zero attached hydrogens (tertiary/aromatic N) is 2. The maximum Gasteiger partial charge on any atom is 0.191 e. The highest BCUT2D eigenvalue weighted by Gasteiger charge is 2.14. The molecule has 1 aromatic carbocycles. The van der Waals surface area contributed by atoms with E-state index in [-0.39, 0.29) is 5.82 Å². The van der Waals surface area contributed by atoms with Gasteiger partial charge in [0.15, 0.2) is 5.96 Å². The average Bonchev–Trinajstić information content (AvgIpc) is 2.66. The van der Waals surface area contributed by atoms with E-state index in [1.165, 1.54) is 6.07 Å². The van der Waals surface area contributed by atoms with Gasteiger partial charge in [-0.3, -0.25) is 4.90 Å². The maximum absolute atomic E-state index is 13.5. The van der Waals surface area contributed by atoms with Crippen LogP contribution >= 0.6 is 11.8 Å². The number of guanidine groups is 1. The number of morpholine rings is 1. The van der Waals surface area contributed by atoms with E-state index in [1.807, 2.05) is 12.3 Å². The van der Waals surface area contributed by atoms with Crippen LogP contribution in [-0.4, -0.2) is 63.1 Å². The Hall–Kier alpha value is -1.31. The molecule has 1 atom stereocenters. The Kier molecular flexibility index (Phi) is 9.94. The molecule has 1 aliphatic rings. The lowest BCUT2D eigenvalue weighted by Crippen LogP contribution is -2.44. The second-order valence-corrected chi connectivity index (χ2v) is 7.81. The van der Waals surface area contributed by atoms with Gasteiger partial charge in [0.25, 0.3) is 0 Å². The van der Waals surface area contributed by atoms with Gasteiger partial charge in [-0.1, -0.05) is 13.0 Å². The topological polar surface area (TPSA) is 48.9 Å². The molecule has 1 aliphatic heterocycles. The van der Waals surface area contributed by atoms with E-state index in [0.717, 1.165) is 68.8 Å². The molecule has 0 aromatic heterocycles. The third kappa shape index (κ3) is 8.07. The first-order valence-electron chi connectivity index (χ1n) is 9.70. The van der Waals surface area contributed by atoms with Gasteiger partial charge in [-0.25, -0.2) is 9.38 Å². The van der Waals surface area contributed by atoms with Crippen molar-refractivity contribution >= 4 is 17.7 Å². The van der Waals surface area contributed by atoms with Gasteiger partial charge >= 0.3 is 0 Å². The Labute approximate surface area is 167 Å². The fraction of sp³-hybridized carbons (Fsp3) is 0.650. The quantitative estimate of drug-likeness (QED) is 0.497.